The second-order valence-corrected chi connectivity index (χ2v) is 15.4. The maximum Gasteiger partial charge on any atom is 0.333 e. The minimum atomic E-state index is -4.74. The molecule has 0 aliphatic carbocycles. The van der Waals surface area contributed by atoms with Crippen LogP contribution in [0.3, 0.4) is 0 Å². The van der Waals surface area contributed by atoms with Crippen LogP contribution in [0.15, 0.2) is 0 Å². The molecule has 2 atom stereocenters. The van der Waals surface area contributed by atoms with Gasteiger partial charge in [0.25, 0.3) is 19.6 Å². The van der Waals surface area contributed by atoms with Gasteiger partial charge in [0.1, 0.15) is 19.8 Å². The van der Waals surface area contributed by atoms with Gasteiger partial charge in [0.15, 0.2) is 6.10 Å². The molecule has 290 valence electrons. The number of hydrogen-bond donors (Lipinski definition) is 0. The summed E-state index contributed by atoms with van der Waals surface area (Å²) in [7, 11) is 0.867. The van der Waals surface area contributed by atoms with Gasteiger partial charge in [-0.05, 0) is 12.8 Å². The Labute approximate surface area is 299 Å². The molecule has 0 aromatic heterocycles. The fourth-order valence-corrected chi connectivity index (χ4v) is 5.81. The molecule has 1 aliphatic heterocycles. The van der Waals surface area contributed by atoms with Crippen molar-refractivity contribution in [2.45, 2.75) is 148 Å². The molecule has 1 unspecified atom stereocenters. The summed E-state index contributed by atoms with van der Waals surface area (Å²) >= 11 is 0. The van der Waals surface area contributed by atoms with Crippen LogP contribution in [0.1, 0.15) is 142 Å². The fourth-order valence-electron chi connectivity index (χ4n) is 5.08. The molecule has 14 nitrogen and oxygen atoms in total. The molecule has 0 aromatic rings. The quantitative estimate of drug-likeness (QED) is 0.0280. The summed E-state index contributed by atoms with van der Waals surface area (Å²) in [5, 5.41) is 0.422. The lowest BCUT2D eigenvalue weighted by Crippen LogP contribution is -2.37. The number of phosphoric ester groups is 1. The minimum Gasteiger partial charge on any atom is -0.756 e. The van der Waals surface area contributed by atoms with Gasteiger partial charge in [-0.1, -0.05) is 96.8 Å². The highest BCUT2D eigenvalue weighted by atomic mass is 31.2. The first-order chi connectivity index (χ1) is 23.7. The summed E-state index contributed by atoms with van der Waals surface area (Å²) in [6.07, 6.45) is 16.3. The molecule has 15 heteroatoms. The van der Waals surface area contributed by atoms with Crippen LogP contribution in [0.2, 0.25) is 0 Å². The Morgan fingerprint density at radius 2 is 1.18 bits per heavy atom. The highest BCUT2D eigenvalue weighted by molar-refractivity contribution is 7.45. The molecule has 0 saturated carbocycles. The molecular weight excluding hydrogens is 671 g/mol. The van der Waals surface area contributed by atoms with E-state index < -0.39 is 56.9 Å². The fraction of sp³-hybridized carbons (Fsp3) is 0.857. The first kappa shape index (κ1) is 45.6. The lowest BCUT2D eigenvalue weighted by molar-refractivity contribution is -0.870. The maximum absolute atomic E-state index is 12.5. The van der Waals surface area contributed by atoms with Crippen molar-refractivity contribution in [3.8, 4) is 0 Å². The van der Waals surface area contributed by atoms with Gasteiger partial charge in [0.05, 0.1) is 27.7 Å². The van der Waals surface area contributed by atoms with Crippen molar-refractivity contribution in [2.24, 2.45) is 0 Å². The largest absolute Gasteiger partial charge is 0.756 e. The van der Waals surface area contributed by atoms with Gasteiger partial charge in [-0.15, -0.1) is 5.06 Å². The van der Waals surface area contributed by atoms with Crippen molar-refractivity contribution in [1.29, 1.82) is 0 Å². The van der Waals surface area contributed by atoms with Crippen molar-refractivity contribution in [3.63, 3.8) is 0 Å². The Kier molecular flexibility index (Phi) is 24.1. The highest BCUT2D eigenvalue weighted by Crippen LogP contribution is 2.38. The average molecular weight is 735 g/mol. The number of esters is 2. The molecule has 2 amide bonds. The van der Waals surface area contributed by atoms with Gasteiger partial charge in [-0.3, -0.25) is 23.7 Å². The van der Waals surface area contributed by atoms with Crippen LogP contribution in [0.25, 0.3) is 0 Å². The first-order valence-electron chi connectivity index (χ1n) is 18.5. The van der Waals surface area contributed by atoms with Crippen molar-refractivity contribution in [2.75, 3.05) is 47.5 Å². The van der Waals surface area contributed by atoms with Crippen LogP contribution in [-0.2, 0) is 51.9 Å². The standard InChI is InChI=1S/C35H63N2O12P/c1-5-6-7-8-9-10-11-12-13-14-15-16-17-18-19-21-33(40)45-28-30(29-47-50(43,44)46-27-26-37(2,3)4)48-34(41)22-20-23-35(42)49-36-31(38)24-25-32(36)39/h30H,5-29H2,1-4H3/t30-/m1/s1. The third-order valence-corrected chi connectivity index (χ3v) is 9.07. The number of phosphoric acid groups is 1. The van der Waals surface area contributed by atoms with E-state index in [1.54, 1.807) is 0 Å². The number of hydrogen-bond acceptors (Lipinski definition) is 12. The first-order valence-corrected chi connectivity index (χ1v) is 20.0. The van der Waals surface area contributed by atoms with Crippen molar-refractivity contribution in [3.05, 3.63) is 0 Å². The van der Waals surface area contributed by atoms with Crippen molar-refractivity contribution >= 4 is 37.5 Å². The van der Waals surface area contributed by atoms with Gasteiger partial charge < -0.3 is 32.7 Å². The van der Waals surface area contributed by atoms with Crippen molar-refractivity contribution < 1.29 is 61.3 Å². The van der Waals surface area contributed by atoms with E-state index in [0.29, 0.717) is 22.5 Å². The molecule has 1 saturated heterocycles. The molecule has 0 radical (unpaired) electrons. The Morgan fingerprint density at radius 3 is 1.70 bits per heavy atom. The second-order valence-electron chi connectivity index (χ2n) is 14.0. The zero-order valence-electron chi connectivity index (χ0n) is 31.0. The number of likely N-dealkylation sites (N-methyl/N-ethyl adjacent to an activating group) is 1. The number of rotatable bonds is 31. The topological polar surface area (TPSA) is 175 Å². The number of quaternary nitrogens is 1. The second kappa shape index (κ2) is 26.4. The predicted octanol–water partition coefficient (Wildman–Crippen LogP) is 5.69. The van der Waals surface area contributed by atoms with E-state index in [9.17, 15) is 33.4 Å². The van der Waals surface area contributed by atoms with Crippen LogP contribution < -0.4 is 4.89 Å². The summed E-state index contributed by atoms with van der Waals surface area (Å²) < 4.78 is 33.1. The van der Waals surface area contributed by atoms with Crippen molar-refractivity contribution in [1.82, 2.24) is 5.06 Å². The SMILES string of the molecule is CCCCCCCCCCCCCCCCCC(=O)OC[C@H](COP(=O)([O-])OCC[N+](C)(C)C)OC(=O)CCCC(=O)ON1C(=O)CCC1=O. The Morgan fingerprint density at radius 1 is 0.700 bits per heavy atom. The van der Waals surface area contributed by atoms with Gasteiger partial charge in [-0.2, -0.15) is 0 Å². The van der Waals surface area contributed by atoms with E-state index in [1.807, 2.05) is 21.1 Å². The number of amides is 2. The van der Waals surface area contributed by atoms with Gasteiger partial charge in [0, 0.05) is 32.1 Å². The number of carbonyl (C=O) groups excluding carboxylic acids is 5. The number of unbranched alkanes of at least 4 members (excludes halogenated alkanes) is 14. The number of hydroxylamine groups is 2. The van der Waals surface area contributed by atoms with Crippen LogP contribution in [0, 0.1) is 0 Å². The highest BCUT2D eigenvalue weighted by Gasteiger charge is 2.32. The molecule has 0 spiro atoms. The van der Waals surface area contributed by atoms with Gasteiger partial charge in [0.2, 0.25) is 0 Å². The van der Waals surface area contributed by atoms with E-state index in [1.165, 1.54) is 70.6 Å². The molecule has 50 heavy (non-hydrogen) atoms. The third kappa shape index (κ3) is 24.7. The summed E-state index contributed by atoms with van der Waals surface area (Å²) in [5.41, 5.74) is 0. The Hall–Kier alpha value is -2.38. The van der Waals surface area contributed by atoms with Gasteiger partial charge >= 0.3 is 17.9 Å². The van der Waals surface area contributed by atoms with Crippen LogP contribution >= 0.6 is 7.82 Å². The molecule has 0 aromatic carbocycles. The van der Waals surface area contributed by atoms with E-state index >= 15 is 0 Å². The lowest BCUT2D eigenvalue weighted by Gasteiger charge is -2.28. The van der Waals surface area contributed by atoms with E-state index in [2.05, 4.69) is 6.92 Å². The molecule has 0 bridgehead atoms. The van der Waals surface area contributed by atoms with E-state index in [-0.39, 0.29) is 45.1 Å². The zero-order chi connectivity index (χ0) is 37.3. The number of nitrogens with zero attached hydrogens (tertiary/aromatic N) is 2. The van der Waals surface area contributed by atoms with E-state index in [0.717, 1.165) is 19.3 Å². The number of ether oxygens (including phenoxy) is 2. The predicted molar refractivity (Wildman–Crippen MR) is 184 cm³/mol. The van der Waals surface area contributed by atoms with E-state index in [4.69, 9.17) is 23.4 Å². The third-order valence-electron chi connectivity index (χ3n) is 8.10. The normalized spacial score (nSPS) is 15.2. The molecule has 1 fully saturated rings. The molecule has 1 heterocycles. The van der Waals surface area contributed by atoms with Crippen LogP contribution in [0.4, 0.5) is 0 Å². The Balaban J connectivity index is 2.38. The maximum atomic E-state index is 12.5. The molecule has 1 aliphatic rings. The summed E-state index contributed by atoms with van der Waals surface area (Å²) in [6.45, 7) is 1.46. The average Bonchev–Trinajstić information content (AvgIpc) is 3.35. The lowest BCUT2D eigenvalue weighted by atomic mass is 10.0. The molecular formula is C35H63N2O12P. The number of imide groups is 1. The number of carbonyl (C=O) groups is 5. The summed E-state index contributed by atoms with van der Waals surface area (Å²) in [5.74, 6) is -3.40. The molecule has 1 rings (SSSR count). The minimum absolute atomic E-state index is 0.0331. The summed E-state index contributed by atoms with van der Waals surface area (Å²) in [6, 6.07) is 0. The monoisotopic (exact) mass is 734 g/mol. The van der Waals surface area contributed by atoms with Crippen LogP contribution in [0.5, 0.6) is 0 Å². The zero-order valence-corrected chi connectivity index (χ0v) is 31.9. The smallest absolute Gasteiger partial charge is 0.333 e. The summed E-state index contributed by atoms with van der Waals surface area (Å²) in [4.78, 5) is 77.1. The molecule has 0 N–H and O–H groups in total. The Bertz CT molecular complexity index is 1050. The van der Waals surface area contributed by atoms with Gasteiger partial charge in [-0.25, -0.2) is 4.79 Å². The van der Waals surface area contributed by atoms with Crippen LogP contribution in [-0.4, -0.2) is 92.9 Å².